The van der Waals surface area contributed by atoms with Crippen LogP contribution < -0.4 is 5.32 Å². The molecule has 0 fully saturated rings. The highest BCUT2D eigenvalue weighted by atomic mass is 32.1. The van der Waals surface area contributed by atoms with Gasteiger partial charge in [-0.3, -0.25) is 0 Å². The second kappa shape index (κ2) is 6.76. The molecule has 98 valence electrons. The SMILES string of the molecule is CC(C)CNCc1ccn(CCc2ccsc2)c1. The van der Waals surface area contributed by atoms with E-state index in [-0.39, 0.29) is 0 Å². The molecule has 0 aromatic carbocycles. The normalized spacial score (nSPS) is 11.3. The third-order valence-corrected chi connectivity index (χ3v) is 3.66. The van der Waals surface area contributed by atoms with Crippen LogP contribution in [0.15, 0.2) is 35.3 Å². The van der Waals surface area contributed by atoms with Crippen LogP contribution in [0.3, 0.4) is 0 Å². The van der Waals surface area contributed by atoms with E-state index in [2.05, 4.69) is 59.0 Å². The van der Waals surface area contributed by atoms with Crippen LogP contribution in [0.2, 0.25) is 0 Å². The number of nitrogens with one attached hydrogen (secondary N) is 1. The Balaban J connectivity index is 1.75. The van der Waals surface area contributed by atoms with Gasteiger partial charge in [-0.1, -0.05) is 13.8 Å². The fourth-order valence-corrected chi connectivity index (χ4v) is 2.64. The van der Waals surface area contributed by atoms with Gasteiger partial charge >= 0.3 is 0 Å². The highest BCUT2D eigenvalue weighted by Crippen LogP contribution is 2.09. The number of thiophene rings is 1. The second-order valence-corrected chi connectivity index (χ2v) is 5.94. The van der Waals surface area contributed by atoms with Crippen LogP contribution in [0.5, 0.6) is 0 Å². The van der Waals surface area contributed by atoms with Crippen LogP contribution in [-0.2, 0) is 19.5 Å². The molecular formula is C15H22N2S. The predicted molar refractivity (Wildman–Crippen MR) is 79.0 cm³/mol. The van der Waals surface area contributed by atoms with E-state index in [1.54, 1.807) is 11.3 Å². The minimum Gasteiger partial charge on any atom is -0.354 e. The molecule has 1 N–H and O–H groups in total. The molecule has 0 bridgehead atoms. The van der Waals surface area contributed by atoms with Gasteiger partial charge in [-0.15, -0.1) is 0 Å². The van der Waals surface area contributed by atoms with E-state index >= 15 is 0 Å². The Kier molecular flexibility index (Phi) is 5.02. The van der Waals surface area contributed by atoms with Crippen molar-refractivity contribution in [1.29, 1.82) is 0 Å². The first-order valence-corrected chi connectivity index (χ1v) is 7.55. The van der Waals surface area contributed by atoms with Gasteiger partial charge in [0.05, 0.1) is 0 Å². The molecule has 0 aliphatic rings. The maximum atomic E-state index is 3.47. The molecule has 0 aliphatic heterocycles. The average molecular weight is 262 g/mol. The Labute approximate surface area is 114 Å². The first-order valence-electron chi connectivity index (χ1n) is 6.60. The molecule has 2 aromatic rings. The van der Waals surface area contributed by atoms with Crippen molar-refractivity contribution in [1.82, 2.24) is 9.88 Å². The zero-order chi connectivity index (χ0) is 12.8. The van der Waals surface area contributed by atoms with Crippen LogP contribution in [0, 0.1) is 5.92 Å². The first-order chi connectivity index (χ1) is 8.74. The fourth-order valence-electron chi connectivity index (χ4n) is 1.93. The topological polar surface area (TPSA) is 17.0 Å². The van der Waals surface area contributed by atoms with Crippen molar-refractivity contribution in [3.05, 3.63) is 46.4 Å². The molecule has 0 saturated heterocycles. The lowest BCUT2D eigenvalue weighted by molar-refractivity contribution is 0.552. The molecule has 0 spiro atoms. The molecule has 3 heteroatoms. The largest absolute Gasteiger partial charge is 0.354 e. The van der Waals surface area contributed by atoms with Crippen molar-refractivity contribution >= 4 is 11.3 Å². The molecule has 2 heterocycles. The van der Waals surface area contributed by atoms with Gasteiger partial charge < -0.3 is 9.88 Å². The van der Waals surface area contributed by atoms with E-state index in [1.165, 1.54) is 11.1 Å². The van der Waals surface area contributed by atoms with Gasteiger partial charge in [-0.25, -0.2) is 0 Å². The van der Waals surface area contributed by atoms with Gasteiger partial charge in [0.2, 0.25) is 0 Å². The quantitative estimate of drug-likeness (QED) is 0.807. The first kappa shape index (κ1) is 13.4. The number of rotatable bonds is 7. The van der Waals surface area contributed by atoms with Gasteiger partial charge in [-0.05, 0) is 52.9 Å². The summed E-state index contributed by atoms with van der Waals surface area (Å²) in [4.78, 5) is 0. The highest BCUT2D eigenvalue weighted by molar-refractivity contribution is 7.07. The van der Waals surface area contributed by atoms with Crippen molar-refractivity contribution in [3.63, 3.8) is 0 Å². The van der Waals surface area contributed by atoms with E-state index in [1.807, 2.05) is 0 Å². The van der Waals surface area contributed by atoms with Crippen LogP contribution in [0.4, 0.5) is 0 Å². The van der Waals surface area contributed by atoms with E-state index in [0.717, 1.165) is 26.1 Å². The third-order valence-electron chi connectivity index (χ3n) is 2.93. The highest BCUT2D eigenvalue weighted by Gasteiger charge is 1.99. The lowest BCUT2D eigenvalue weighted by Gasteiger charge is -2.05. The van der Waals surface area contributed by atoms with Crippen LogP contribution >= 0.6 is 11.3 Å². The zero-order valence-corrected chi connectivity index (χ0v) is 12.0. The van der Waals surface area contributed by atoms with Gasteiger partial charge in [0.1, 0.15) is 0 Å². The smallest absolute Gasteiger partial charge is 0.0260 e. The van der Waals surface area contributed by atoms with Gasteiger partial charge in [0.25, 0.3) is 0 Å². The average Bonchev–Trinajstić information content (AvgIpc) is 2.96. The maximum absolute atomic E-state index is 3.47. The van der Waals surface area contributed by atoms with Crippen molar-refractivity contribution < 1.29 is 0 Å². The van der Waals surface area contributed by atoms with Crippen molar-refractivity contribution in [2.24, 2.45) is 5.92 Å². The summed E-state index contributed by atoms with van der Waals surface area (Å²) in [7, 11) is 0. The summed E-state index contributed by atoms with van der Waals surface area (Å²) in [6.45, 7) is 7.60. The Morgan fingerprint density at radius 2 is 2.17 bits per heavy atom. The molecular weight excluding hydrogens is 240 g/mol. The molecule has 0 unspecified atom stereocenters. The fraction of sp³-hybridized carbons (Fsp3) is 0.467. The maximum Gasteiger partial charge on any atom is 0.0260 e. The van der Waals surface area contributed by atoms with Crippen molar-refractivity contribution in [3.8, 4) is 0 Å². The number of aromatic nitrogens is 1. The van der Waals surface area contributed by atoms with Crippen LogP contribution in [0.25, 0.3) is 0 Å². The zero-order valence-electron chi connectivity index (χ0n) is 11.2. The van der Waals surface area contributed by atoms with Gasteiger partial charge in [0.15, 0.2) is 0 Å². The monoisotopic (exact) mass is 262 g/mol. The molecule has 0 amide bonds. The van der Waals surface area contributed by atoms with E-state index in [0.29, 0.717) is 5.92 Å². The lowest BCUT2D eigenvalue weighted by Crippen LogP contribution is -2.18. The summed E-state index contributed by atoms with van der Waals surface area (Å²) in [5.41, 5.74) is 2.81. The Hall–Kier alpha value is -1.06. The lowest BCUT2D eigenvalue weighted by atomic mass is 10.2. The summed E-state index contributed by atoms with van der Waals surface area (Å²) in [5.74, 6) is 0.714. The molecule has 0 atom stereocenters. The molecule has 2 rings (SSSR count). The molecule has 2 nitrogen and oxygen atoms in total. The Morgan fingerprint density at radius 3 is 2.89 bits per heavy atom. The second-order valence-electron chi connectivity index (χ2n) is 5.16. The summed E-state index contributed by atoms with van der Waals surface area (Å²) in [6.07, 6.45) is 5.55. The summed E-state index contributed by atoms with van der Waals surface area (Å²) < 4.78 is 2.28. The number of aryl methyl sites for hydroxylation is 2. The summed E-state index contributed by atoms with van der Waals surface area (Å²) >= 11 is 1.77. The molecule has 2 aromatic heterocycles. The van der Waals surface area contributed by atoms with Gasteiger partial charge in [0, 0.05) is 25.5 Å². The molecule has 0 radical (unpaired) electrons. The standard InChI is InChI=1S/C15H22N2S/c1-13(2)9-16-10-15-4-7-17(11-15)6-3-14-5-8-18-12-14/h4-5,7-8,11-13,16H,3,6,9-10H2,1-2H3. The minimum absolute atomic E-state index is 0.714. The molecule has 18 heavy (non-hydrogen) atoms. The van der Waals surface area contributed by atoms with Crippen molar-refractivity contribution in [2.75, 3.05) is 6.54 Å². The Morgan fingerprint density at radius 1 is 1.28 bits per heavy atom. The molecule has 0 aliphatic carbocycles. The minimum atomic E-state index is 0.714. The van der Waals surface area contributed by atoms with E-state index in [9.17, 15) is 0 Å². The van der Waals surface area contributed by atoms with Crippen molar-refractivity contribution in [2.45, 2.75) is 33.4 Å². The predicted octanol–water partition coefficient (Wildman–Crippen LogP) is 3.54. The van der Waals surface area contributed by atoms with Crippen LogP contribution in [0.1, 0.15) is 25.0 Å². The molecule has 0 saturated carbocycles. The summed E-state index contributed by atoms with van der Waals surface area (Å²) in [5, 5.41) is 7.85. The van der Waals surface area contributed by atoms with E-state index < -0.39 is 0 Å². The number of hydrogen-bond donors (Lipinski definition) is 1. The van der Waals surface area contributed by atoms with Crippen LogP contribution in [-0.4, -0.2) is 11.1 Å². The summed E-state index contributed by atoms with van der Waals surface area (Å²) in [6, 6.07) is 4.42. The Bertz CT molecular complexity index is 443. The third kappa shape index (κ3) is 4.31. The van der Waals surface area contributed by atoms with E-state index in [4.69, 9.17) is 0 Å². The number of nitrogens with zero attached hydrogens (tertiary/aromatic N) is 1. The van der Waals surface area contributed by atoms with Gasteiger partial charge in [-0.2, -0.15) is 11.3 Å². The number of hydrogen-bond acceptors (Lipinski definition) is 2.